The number of hydrogen-bond acceptors (Lipinski definition) is 4. The topological polar surface area (TPSA) is 64.0 Å². The van der Waals surface area contributed by atoms with Gasteiger partial charge in [0.1, 0.15) is 0 Å². The molecule has 0 saturated heterocycles. The Morgan fingerprint density at radius 3 is 2.65 bits per heavy atom. The molecule has 20 heavy (non-hydrogen) atoms. The van der Waals surface area contributed by atoms with Gasteiger partial charge in [0.05, 0.1) is 18.5 Å². The minimum Gasteiger partial charge on any atom is -0.312 e. The van der Waals surface area contributed by atoms with Gasteiger partial charge < -0.3 is 5.32 Å². The van der Waals surface area contributed by atoms with Gasteiger partial charge >= 0.3 is 0 Å². The first-order valence-electron chi connectivity index (χ1n) is 7.18. The van der Waals surface area contributed by atoms with Crippen LogP contribution in [0.15, 0.2) is 12.4 Å². The van der Waals surface area contributed by atoms with Crippen molar-refractivity contribution in [1.82, 2.24) is 15.1 Å². The number of sulfone groups is 1. The van der Waals surface area contributed by atoms with Crippen LogP contribution in [0, 0.1) is 0 Å². The number of aromatic nitrogens is 2. The molecule has 6 heteroatoms. The van der Waals surface area contributed by atoms with E-state index in [0.717, 1.165) is 24.9 Å². The molecule has 0 saturated carbocycles. The van der Waals surface area contributed by atoms with E-state index in [-0.39, 0.29) is 17.0 Å². The minimum atomic E-state index is -2.92. The quantitative estimate of drug-likeness (QED) is 0.741. The van der Waals surface area contributed by atoms with Gasteiger partial charge in [-0.15, -0.1) is 0 Å². The van der Waals surface area contributed by atoms with Gasteiger partial charge in [-0.25, -0.2) is 8.42 Å². The van der Waals surface area contributed by atoms with Gasteiger partial charge in [0.2, 0.25) is 0 Å². The Morgan fingerprint density at radius 2 is 2.05 bits per heavy atom. The third kappa shape index (κ3) is 7.05. The van der Waals surface area contributed by atoms with Crippen LogP contribution in [0.3, 0.4) is 0 Å². The van der Waals surface area contributed by atoms with Gasteiger partial charge in [0.15, 0.2) is 9.84 Å². The summed E-state index contributed by atoms with van der Waals surface area (Å²) in [6.45, 7) is 9.54. The monoisotopic (exact) mass is 301 g/mol. The summed E-state index contributed by atoms with van der Waals surface area (Å²) in [5.41, 5.74) is 1.31. The van der Waals surface area contributed by atoms with Crippen molar-refractivity contribution in [1.29, 1.82) is 0 Å². The number of hydrogen-bond donors (Lipinski definition) is 1. The summed E-state index contributed by atoms with van der Waals surface area (Å²) in [7, 11) is -2.92. The molecule has 0 fully saturated rings. The lowest BCUT2D eigenvalue weighted by Crippen LogP contribution is -2.36. The fourth-order valence-corrected chi connectivity index (χ4v) is 2.54. The van der Waals surface area contributed by atoms with Crippen molar-refractivity contribution in [2.45, 2.75) is 52.6 Å². The SMILES string of the molecule is CCS(=O)(=O)CCn1cc(CCCNC(C)(C)C)cn1. The molecule has 0 spiro atoms. The molecule has 116 valence electrons. The molecule has 0 unspecified atom stereocenters. The highest BCUT2D eigenvalue weighted by Gasteiger charge is 2.09. The van der Waals surface area contributed by atoms with E-state index < -0.39 is 9.84 Å². The minimum absolute atomic E-state index is 0.151. The molecule has 0 amide bonds. The zero-order valence-corrected chi connectivity index (χ0v) is 13.8. The Hall–Kier alpha value is -0.880. The second-order valence-corrected chi connectivity index (χ2v) is 8.60. The largest absolute Gasteiger partial charge is 0.312 e. The smallest absolute Gasteiger partial charge is 0.151 e. The van der Waals surface area contributed by atoms with Crippen molar-refractivity contribution >= 4 is 9.84 Å². The molecular weight excluding hydrogens is 274 g/mol. The van der Waals surface area contributed by atoms with E-state index in [1.165, 1.54) is 0 Å². The second-order valence-electron chi connectivity index (χ2n) is 6.13. The van der Waals surface area contributed by atoms with Gasteiger partial charge in [-0.05, 0) is 45.7 Å². The summed E-state index contributed by atoms with van der Waals surface area (Å²) in [5.74, 6) is 0.357. The van der Waals surface area contributed by atoms with Crippen LogP contribution >= 0.6 is 0 Å². The maximum atomic E-state index is 11.4. The Morgan fingerprint density at radius 1 is 1.35 bits per heavy atom. The molecule has 0 aliphatic heterocycles. The van der Waals surface area contributed by atoms with Crippen molar-refractivity contribution in [2.24, 2.45) is 0 Å². The first-order chi connectivity index (χ1) is 9.22. The van der Waals surface area contributed by atoms with Gasteiger partial charge in [-0.1, -0.05) is 6.92 Å². The van der Waals surface area contributed by atoms with E-state index in [2.05, 4.69) is 31.2 Å². The van der Waals surface area contributed by atoms with Crippen LogP contribution in [0.5, 0.6) is 0 Å². The number of aryl methyl sites for hydroxylation is 2. The zero-order chi connectivity index (χ0) is 15.2. The first-order valence-corrected chi connectivity index (χ1v) is 9.01. The molecule has 1 aromatic rings. The van der Waals surface area contributed by atoms with Crippen molar-refractivity contribution in [2.75, 3.05) is 18.1 Å². The Bertz CT molecular complexity index is 501. The van der Waals surface area contributed by atoms with Gasteiger partial charge in [0, 0.05) is 17.5 Å². The molecule has 0 aliphatic rings. The van der Waals surface area contributed by atoms with Crippen molar-refractivity contribution in [3.8, 4) is 0 Å². The van der Waals surface area contributed by atoms with E-state index in [4.69, 9.17) is 0 Å². The summed E-state index contributed by atoms with van der Waals surface area (Å²) >= 11 is 0. The number of nitrogens with one attached hydrogen (secondary N) is 1. The summed E-state index contributed by atoms with van der Waals surface area (Å²) in [4.78, 5) is 0. The van der Waals surface area contributed by atoms with Crippen LogP contribution in [0.4, 0.5) is 0 Å². The molecule has 5 nitrogen and oxygen atoms in total. The predicted molar refractivity (Wildman–Crippen MR) is 82.6 cm³/mol. The second kappa shape index (κ2) is 7.22. The molecule has 1 heterocycles. The van der Waals surface area contributed by atoms with Crippen LogP contribution in [0.1, 0.15) is 39.7 Å². The molecule has 0 bridgehead atoms. The summed E-state index contributed by atoms with van der Waals surface area (Å²) in [6.07, 6.45) is 5.79. The highest BCUT2D eigenvalue weighted by Crippen LogP contribution is 2.04. The first kappa shape index (κ1) is 17.2. The molecule has 1 N–H and O–H groups in total. The van der Waals surface area contributed by atoms with Crippen molar-refractivity contribution in [3.63, 3.8) is 0 Å². The molecule has 1 aromatic heterocycles. The predicted octanol–water partition coefficient (Wildman–Crippen LogP) is 1.64. The molecule has 0 aliphatic carbocycles. The Balaban J connectivity index is 2.33. The van der Waals surface area contributed by atoms with E-state index in [9.17, 15) is 8.42 Å². The van der Waals surface area contributed by atoms with E-state index >= 15 is 0 Å². The molecule has 1 rings (SSSR count). The average molecular weight is 301 g/mol. The number of nitrogens with zero attached hydrogens (tertiary/aromatic N) is 2. The molecule has 0 aromatic carbocycles. The standard InChI is InChI=1S/C14H27N3O2S/c1-5-20(18,19)10-9-17-12-13(11-16-17)7-6-8-15-14(2,3)4/h11-12,15H,5-10H2,1-4H3. The van der Waals surface area contributed by atoms with Gasteiger partial charge in [-0.3, -0.25) is 4.68 Å². The van der Waals surface area contributed by atoms with E-state index in [1.807, 2.05) is 12.4 Å². The normalized spacial score (nSPS) is 12.8. The fraction of sp³-hybridized carbons (Fsp3) is 0.786. The highest BCUT2D eigenvalue weighted by molar-refractivity contribution is 7.91. The van der Waals surface area contributed by atoms with Crippen LogP contribution in [0.2, 0.25) is 0 Å². The van der Waals surface area contributed by atoms with Crippen LogP contribution in [0.25, 0.3) is 0 Å². The zero-order valence-electron chi connectivity index (χ0n) is 13.0. The molecular formula is C14H27N3O2S. The van der Waals surface area contributed by atoms with Gasteiger partial charge in [0.25, 0.3) is 0 Å². The van der Waals surface area contributed by atoms with E-state index in [1.54, 1.807) is 11.6 Å². The summed E-state index contributed by atoms with van der Waals surface area (Å²) in [5, 5.41) is 7.66. The van der Waals surface area contributed by atoms with Crippen molar-refractivity contribution < 1.29 is 8.42 Å². The maximum Gasteiger partial charge on any atom is 0.151 e. The van der Waals surface area contributed by atoms with Crippen molar-refractivity contribution in [3.05, 3.63) is 18.0 Å². The maximum absolute atomic E-state index is 11.4. The lowest BCUT2D eigenvalue weighted by Gasteiger charge is -2.20. The number of rotatable bonds is 8. The molecule has 0 atom stereocenters. The Kier molecular flexibility index (Phi) is 6.20. The van der Waals surface area contributed by atoms with Crippen LogP contribution in [-0.4, -0.2) is 41.8 Å². The Labute approximate surface area is 122 Å². The highest BCUT2D eigenvalue weighted by atomic mass is 32.2. The third-order valence-corrected chi connectivity index (χ3v) is 4.74. The summed E-state index contributed by atoms with van der Waals surface area (Å²) in [6, 6.07) is 0. The molecule has 0 radical (unpaired) electrons. The lowest BCUT2D eigenvalue weighted by molar-refractivity contribution is 0.422. The van der Waals surface area contributed by atoms with Gasteiger partial charge in [-0.2, -0.15) is 5.10 Å². The fourth-order valence-electron chi connectivity index (χ4n) is 1.79. The van der Waals surface area contributed by atoms with E-state index in [0.29, 0.717) is 6.54 Å². The van der Waals surface area contributed by atoms with Crippen LogP contribution < -0.4 is 5.32 Å². The average Bonchev–Trinajstić information content (AvgIpc) is 2.79. The van der Waals surface area contributed by atoms with Crippen LogP contribution in [-0.2, 0) is 22.8 Å². The summed E-state index contributed by atoms with van der Waals surface area (Å²) < 4.78 is 24.6. The third-order valence-electron chi connectivity index (χ3n) is 3.06. The lowest BCUT2D eigenvalue weighted by atomic mass is 10.1.